The van der Waals surface area contributed by atoms with Gasteiger partial charge in [-0.1, -0.05) is 38.5 Å². The molecule has 0 spiro atoms. The Morgan fingerprint density at radius 1 is 1.29 bits per heavy atom. The van der Waals surface area contributed by atoms with Crippen molar-refractivity contribution >= 4 is 11.1 Å². The lowest BCUT2D eigenvalue weighted by Gasteiger charge is -2.21. The fraction of sp³-hybridized carbons (Fsp3) is 0.455. The summed E-state index contributed by atoms with van der Waals surface area (Å²) >= 11 is -1.90. The molecule has 1 aromatic carbocycles. The zero-order valence-electron chi connectivity index (χ0n) is 9.00. The van der Waals surface area contributed by atoms with E-state index in [0.29, 0.717) is 4.90 Å². The molecule has 0 aliphatic carbocycles. The Bertz CT molecular complexity index is 364. The SMILES string of the molecule is Cc1ccc(S(=O)O)c(C(C)(C)C)c1. The summed E-state index contributed by atoms with van der Waals surface area (Å²) in [5.41, 5.74) is 1.96. The van der Waals surface area contributed by atoms with Gasteiger partial charge in [-0.2, -0.15) is 0 Å². The third-order valence-corrected chi connectivity index (χ3v) is 2.86. The van der Waals surface area contributed by atoms with Gasteiger partial charge in [0.15, 0.2) is 11.1 Å². The lowest BCUT2D eigenvalue weighted by atomic mass is 9.86. The summed E-state index contributed by atoms with van der Waals surface area (Å²) in [5.74, 6) is 0. The molecule has 0 heterocycles. The molecule has 0 bridgehead atoms. The van der Waals surface area contributed by atoms with Crippen LogP contribution in [0.2, 0.25) is 0 Å². The lowest BCUT2D eigenvalue weighted by Crippen LogP contribution is -2.15. The van der Waals surface area contributed by atoms with Crippen molar-refractivity contribution in [1.82, 2.24) is 0 Å². The molecular weight excluding hydrogens is 196 g/mol. The minimum absolute atomic E-state index is 0.0975. The number of benzene rings is 1. The molecule has 0 saturated carbocycles. The van der Waals surface area contributed by atoms with Crippen LogP contribution in [0.3, 0.4) is 0 Å². The highest BCUT2D eigenvalue weighted by Crippen LogP contribution is 2.28. The third-order valence-electron chi connectivity index (χ3n) is 2.13. The minimum Gasteiger partial charge on any atom is -0.302 e. The first kappa shape index (κ1) is 11.4. The van der Waals surface area contributed by atoms with Crippen molar-refractivity contribution in [2.45, 2.75) is 38.0 Å². The van der Waals surface area contributed by atoms with E-state index in [2.05, 4.69) is 0 Å². The zero-order chi connectivity index (χ0) is 10.9. The number of rotatable bonds is 1. The van der Waals surface area contributed by atoms with Gasteiger partial charge < -0.3 is 4.55 Å². The summed E-state index contributed by atoms with van der Waals surface area (Å²) in [4.78, 5) is 0.517. The molecule has 2 nitrogen and oxygen atoms in total. The van der Waals surface area contributed by atoms with Gasteiger partial charge in [0.05, 0.1) is 4.90 Å². The molecule has 3 heteroatoms. The van der Waals surface area contributed by atoms with Crippen molar-refractivity contribution in [3.05, 3.63) is 29.3 Å². The molecule has 1 N–H and O–H groups in total. The van der Waals surface area contributed by atoms with Crippen LogP contribution in [0.4, 0.5) is 0 Å². The van der Waals surface area contributed by atoms with Crippen LogP contribution in [-0.4, -0.2) is 8.76 Å². The Balaban J connectivity index is 3.38. The van der Waals surface area contributed by atoms with Gasteiger partial charge in [-0.05, 0) is 24.0 Å². The van der Waals surface area contributed by atoms with Gasteiger partial charge in [-0.15, -0.1) is 0 Å². The van der Waals surface area contributed by atoms with E-state index in [1.54, 1.807) is 6.07 Å². The zero-order valence-corrected chi connectivity index (χ0v) is 9.81. The van der Waals surface area contributed by atoms with Gasteiger partial charge in [0.25, 0.3) is 0 Å². The van der Waals surface area contributed by atoms with Gasteiger partial charge in [0.1, 0.15) is 0 Å². The van der Waals surface area contributed by atoms with E-state index in [0.717, 1.165) is 11.1 Å². The van der Waals surface area contributed by atoms with Crippen molar-refractivity contribution in [1.29, 1.82) is 0 Å². The first-order valence-electron chi connectivity index (χ1n) is 4.54. The highest BCUT2D eigenvalue weighted by Gasteiger charge is 2.20. The Morgan fingerprint density at radius 2 is 1.86 bits per heavy atom. The lowest BCUT2D eigenvalue weighted by molar-refractivity contribution is 0.544. The second-order valence-corrected chi connectivity index (χ2v) is 5.44. The van der Waals surface area contributed by atoms with Crippen LogP contribution in [0.1, 0.15) is 31.9 Å². The molecule has 0 saturated heterocycles. The topological polar surface area (TPSA) is 37.3 Å². The Morgan fingerprint density at radius 3 is 2.29 bits per heavy atom. The van der Waals surface area contributed by atoms with E-state index >= 15 is 0 Å². The monoisotopic (exact) mass is 212 g/mol. The number of hydrogen-bond donors (Lipinski definition) is 1. The maximum absolute atomic E-state index is 11.1. The molecule has 0 radical (unpaired) electrons. The van der Waals surface area contributed by atoms with Crippen molar-refractivity contribution < 1.29 is 8.76 Å². The highest BCUT2D eigenvalue weighted by atomic mass is 32.2. The summed E-state index contributed by atoms with van der Waals surface area (Å²) in [6.45, 7) is 8.10. The summed E-state index contributed by atoms with van der Waals surface area (Å²) < 4.78 is 20.2. The predicted molar refractivity (Wildman–Crippen MR) is 58.9 cm³/mol. The molecule has 1 unspecified atom stereocenters. The number of aryl methyl sites for hydroxylation is 1. The van der Waals surface area contributed by atoms with Crippen LogP contribution >= 0.6 is 0 Å². The van der Waals surface area contributed by atoms with Crippen molar-refractivity contribution in [2.24, 2.45) is 0 Å². The summed E-state index contributed by atoms with van der Waals surface area (Å²) in [6, 6.07) is 5.56. The maximum atomic E-state index is 11.1. The molecule has 1 atom stereocenters. The predicted octanol–water partition coefficient (Wildman–Crippen LogP) is 2.87. The van der Waals surface area contributed by atoms with E-state index in [4.69, 9.17) is 4.55 Å². The van der Waals surface area contributed by atoms with Gasteiger partial charge in [0, 0.05) is 0 Å². The Hall–Kier alpha value is -0.670. The summed E-state index contributed by atoms with van der Waals surface area (Å²) in [7, 11) is 0. The minimum atomic E-state index is -1.90. The Labute approximate surface area is 87.6 Å². The summed E-state index contributed by atoms with van der Waals surface area (Å²) in [5, 5.41) is 0. The van der Waals surface area contributed by atoms with Crippen molar-refractivity contribution in [3.8, 4) is 0 Å². The van der Waals surface area contributed by atoms with Crippen LogP contribution in [0.5, 0.6) is 0 Å². The largest absolute Gasteiger partial charge is 0.302 e. The highest BCUT2D eigenvalue weighted by molar-refractivity contribution is 7.79. The second-order valence-electron chi connectivity index (χ2n) is 4.50. The first-order chi connectivity index (χ1) is 6.32. The maximum Gasteiger partial charge on any atom is 0.186 e. The second kappa shape index (κ2) is 3.83. The standard InChI is InChI=1S/C11H16O2S/c1-8-5-6-10(14(12)13)9(7-8)11(2,3)4/h5-7H,1-4H3,(H,12,13). The normalized spacial score (nSPS) is 14.1. The van der Waals surface area contributed by atoms with Crippen molar-refractivity contribution in [2.75, 3.05) is 0 Å². The fourth-order valence-corrected chi connectivity index (χ4v) is 2.12. The molecule has 1 aromatic rings. The molecular formula is C11H16O2S. The first-order valence-corrected chi connectivity index (χ1v) is 5.65. The van der Waals surface area contributed by atoms with E-state index in [1.165, 1.54) is 0 Å². The van der Waals surface area contributed by atoms with Crippen LogP contribution in [-0.2, 0) is 16.5 Å². The van der Waals surface area contributed by atoms with Gasteiger partial charge in [-0.25, -0.2) is 4.21 Å². The van der Waals surface area contributed by atoms with Gasteiger partial charge >= 0.3 is 0 Å². The summed E-state index contributed by atoms with van der Waals surface area (Å²) in [6.07, 6.45) is 0. The third kappa shape index (κ3) is 2.42. The van der Waals surface area contributed by atoms with Crippen LogP contribution in [0.25, 0.3) is 0 Å². The van der Waals surface area contributed by atoms with Gasteiger partial charge in [0.2, 0.25) is 0 Å². The van der Waals surface area contributed by atoms with Crippen LogP contribution < -0.4 is 0 Å². The fourth-order valence-electron chi connectivity index (χ4n) is 1.38. The quantitative estimate of drug-likeness (QED) is 0.727. The van der Waals surface area contributed by atoms with E-state index < -0.39 is 11.1 Å². The van der Waals surface area contributed by atoms with Crippen LogP contribution in [0, 0.1) is 6.92 Å². The molecule has 0 aliphatic rings. The number of hydrogen-bond acceptors (Lipinski definition) is 1. The Kier molecular flexibility index (Phi) is 3.12. The van der Waals surface area contributed by atoms with E-state index in [-0.39, 0.29) is 5.41 Å². The average molecular weight is 212 g/mol. The average Bonchev–Trinajstić information content (AvgIpc) is 2.01. The van der Waals surface area contributed by atoms with Crippen molar-refractivity contribution in [3.63, 3.8) is 0 Å². The smallest absolute Gasteiger partial charge is 0.186 e. The van der Waals surface area contributed by atoms with E-state index in [9.17, 15) is 4.21 Å². The molecule has 14 heavy (non-hydrogen) atoms. The van der Waals surface area contributed by atoms with E-state index in [1.807, 2.05) is 39.8 Å². The molecule has 78 valence electrons. The molecule has 0 amide bonds. The molecule has 0 aliphatic heterocycles. The molecule has 1 rings (SSSR count). The van der Waals surface area contributed by atoms with Crippen LogP contribution in [0.15, 0.2) is 23.1 Å². The molecule has 0 aromatic heterocycles. The molecule has 0 fully saturated rings. The van der Waals surface area contributed by atoms with Gasteiger partial charge in [-0.3, -0.25) is 0 Å².